The van der Waals surface area contributed by atoms with Crippen LogP contribution in [0.2, 0.25) is 0 Å². The molecule has 0 atom stereocenters. The summed E-state index contributed by atoms with van der Waals surface area (Å²) in [6, 6.07) is 4.53. The molecule has 1 fully saturated rings. The molecule has 1 aliphatic heterocycles. The average molecular weight is 353 g/mol. The van der Waals surface area contributed by atoms with Crippen molar-refractivity contribution in [2.24, 2.45) is 0 Å². The van der Waals surface area contributed by atoms with Crippen molar-refractivity contribution in [3.63, 3.8) is 0 Å². The average Bonchev–Trinajstić information content (AvgIpc) is 2.85. The molecule has 8 nitrogen and oxygen atoms in total. The predicted octanol–water partition coefficient (Wildman–Crippen LogP) is 2.23. The lowest BCUT2D eigenvalue weighted by molar-refractivity contribution is -0.385. The van der Waals surface area contributed by atoms with Gasteiger partial charge >= 0.3 is 6.09 Å². The normalized spacial score (nSPS) is 14.9. The number of benzene rings is 1. The van der Waals surface area contributed by atoms with E-state index in [1.165, 1.54) is 29.8 Å². The summed E-state index contributed by atoms with van der Waals surface area (Å²) >= 11 is 1.42. The molecule has 0 bridgehead atoms. The van der Waals surface area contributed by atoms with Gasteiger partial charge in [0.15, 0.2) is 0 Å². The summed E-state index contributed by atoms with van der Waals surface area (Å²) in [6.07, 6.45) is 2.01. The number of nitro benzene ring substituents is 1. The minimum Gasteiger partial charge on any atom is -0.453 e. The Morgan fingerprint density at radius 3 is 2.50 bits per heavy atom. The highest BCUT2D eigenvalue weighted by Crippen LogP contribution is 2.26. The largest absolute Gasteiger partial charge is 0.453 e. The number of hydrogen-bond donors (Lipinski definition) is 0. The number of amides is 2. The summed E-state index contributed by atoms with van der Waals surface area (Å²) in [7, 11) is 1.31. The molecule has 0 aliphatic carbocycles. The van der Waals surface area contributed by atoms with Crippen LogP contribution in [-0.2, 0) is 4.74 Å². The molecule has 1 saturated heterocycles. The van der Waals surface area contributed by atoms with Gasteiger partial charge in [0.25, 0.3) is 11.6 Å². The van der Waals surface area contributed by atoms with Crippen LogP contribution in [0, 0.1) is 10.1 Å². The number of thioether (sulfide) groups is 1. The third-order valence-electron chi connectivity index (χ3n) is 3.85. The first kappa shape index (κ1) is 18.1. The van der Waals surface area contributed by atoms with E-state index in [-0.39, 0.29) is 17.2 Å². The van der Waals surface area contributed by atoms with E-state index in [9.17, 15) is 19.7 Å². The second-order valence-electron chi connectivity index (χ2n) is 5.24. The Bertz CT molecular complexity index is 652. The number of nitro groups is 1. The molecule has 0 aromatic heterocycles. The molecule has 0 spiro atoms. The van der Waals surface area contributed by atoms with Gasteiger partial charge in [-0.25, -0.2) is 4.79 Å². The van der Waals surface area contributed by atoms with Crippen molar-refractivity contribution in [3.8, 4) is 0 Å². The van der Waals surface area contributed by atoms with E-state index in [0.717, 1.165) is 4.90 Å². The number of carbonyl (C=O) groups is 2. The monoisotopic (exact) mass is 353 g/mol. The van der Waals surface area contributed by atoms with Crippen LogP contribution in [0.1, 0.15) is 16.8 Å². The van der Waals surface area contributed by atoms with Crippen molar-refractivity contribution in [2.45, 2.75) is 11.3 Å². The van der Waals surface area contributed by atoms with Gasteiger partial charge in [0.05, 0.1) is 12.0 Å². The molecule has 24 heavy (non-hydrogen) atoms. The van der Waals surface area contributed by atoms with Gasteiger partial charge in [-0.2, -0.15) is 0 Å². The zero-order chi connectivity index (χ0) is 17.7. The maximum Gasteiger partial charge on any atom is 0.409 e. The summed E-state index contributed by atoms with van der Waals surface area (Å²) in [6.45, 7) is 1.58. The van der Waals surface area contributed by atoms with Crippen LogP contribution in [0.15, 0.2) is 23.1 Å². The third kappa shape index (κ3) is 3.97. The van der Waals surface area contributed by atoms with Crippen molar-refractivity contribution in [2.75, 3.05) is 39.5 Å². The smallest absolute Gasteiger partial charge is 0.409 e. The molecule has 0 saturated carbocycles. The quantitative estimate of drug-likeness (QED) is 0.470. The lowest BCUT2D eigenvalue weighted by atomic mass is 10.1. The molecular formula is C15H19N3O5S. The molecule has 130 valence electrons. The van der Waals surface area contributed by atoms with E-state index in [1.54, 1.807) is 17.0 Å². The van der Waals surface area contributed by atoms with E-state index >= 15 is 0 Å². The summed E-state index contributed by atoms with van der Waals surface area (Å²) in [5.74, 6) is -0.385. The van der Waals surface area contributed by atoms with E-state index in [1.807, 2.05) is 6.26 Å². The van der Waals surface area contributed by atoms with Gasteiger partial charge < -0.3 is 14.5 Å². The van der Waals surface area contributed by atoms with E-state index in [2.05, 4.69) is 0 Å². The van der Waals surface area contributed by atoms with Gasteiger partial charge in [0.1, 0.15) is 5.56 Å². The zero-order valence-corrected chi connectivity index (χ0v) is 14.4. The highest BCUT2D eigenvalue weighted by atomic mass is 32.2. The second kappa shape index (κ2) is 8.00. The number of nitrogens with zero attached hydrogens (tertiary/aromatic N) is 3. The zero-order valence-electron chi connectivity index (χ0n) is 13.6. The molecular weight excluding hydrogens is 334 g/mol. The minimum absolute atomic E-state index is 0.0818. The fourth-order valence-corrected chi connectivity index (χ4v) is 3.02. The highest BCUT2D eigenvalue weighted by Gasteiger charge is 2.28. The molecule has 0 unspecified atom stereocenters. The van der Waals surface area contributed by atoms with Crippen molar-refractivity contribution in [3.05, 3.63) is 33.9 Å². The lowest BCUT2D eigenvalue weighted by Gasteiger charge is -2.21. The van der Waals surface area contributed by atoms with E-state index in [0.29, 0.717) is 32.6 Å². The van der Waals surface area contributed by atoms with Gasteiger partial charge in [-0.15, -0.1) is 11.8 Å². The van der Waals surface area contributed by atoms with Crippen LogP contribution in [0.4, 0.5) is 10.5 Å². The van der Waals surface area contributed by atoms with Gasteiger partial charge in [0, 0.05) is 37.1 Å². The molecule has 1 aromatic rings. The molecule has 2 rings (SSSR count). The Morgan fingerprint density at radius 1 is 1.21 bits per heavy atom. The lowest BCUT2D eigenvalue weighted by Crippen LogP contribution is -2.37. The second-order valence-corrected chi connectivity index (χ2v) is 6.12. The fourth-order valence-electron chi connectivity index (χ4n) is 2.58. The Labute approximate surface area is 143 Å². The molecule has 2 amide bonds. The number of carbonyl (C=O) groups excluding carboxylic acids is 2. The van der Waals surface area contributed by atoms with E-state index in [4.69, 9.17) is 4.74 Å². The molecule has 1 heterocycles. The minimum atomic E-state index is -0.546. The van der Waals surface area contributed by atoms with Crippen LogP contribution in [0.3, 0.4) is 0 Å². The highest BCUT2D eigenvalue weighted by molar-refractivity contribution is 7.98. The van der Waals surface area contributed by atoms with Crippen molar-refractivity contribution < 1.29 is 19.2 Å². The molecule has 9 heteroatoms. The first-order valence-corrected chi connectivity index (χ1v) is 8.65. The first-order chi connectivity index (χ1) is 11.5. The summed E-state index contributed by atoms with van der Waals surface area (Å²) in [5, 5.41) is 11.2. The van der Waals surface area contributed by atoms with Crippen LogP contribution < -0.4 is 0 Å². The van der Waals surface area contributed by atoms with Crippen molar-refractivity contribution in [1.29, 1.82) is 0 Å². The Balaban J connectivity index is 2.22. The summed E-state index contributed by atoms with van der Waals surface area (Å²) in [5.41, 5.74) is -0.120. The molecule has 0 radical (unpaired) electrons. The van der Waals surface area contributed by atoms with Gasteiger partial charge in [0.2, 0.25) is 0 Å². The molecule has 0 N–H and O–H groups in total. The summed E-state index contributed by atoms with van der Waals surface area (Å²) in [4.78, 5) is 38.9. The number of rotatable bonds is 3. The van der Waals surface area contributed by atoms with Crippen molar-refractivity contribution >= 4 is 29.4 Å². The van der Waals surface area contributed by atoms with Gasteiger partial charge in [-0.3, -0.25) is 14.9 Å². The Hall–Kier alpha value is -2.29. The molecule has 1 aromatic carbocycles. The number of hydrogen-bond acceptors (Lipinski definition) is 6. The Kier molecular flexibility index (Phi) is 6.02. The fraction of sp³-hybridized carbons (Fsp3) is 0.467. The van der Waals surface area contributed by atoms with Gasteiger partial charge in [-0.05, 0) is 24.8 Å². The standard InChI is InChI=1S/C15H19N3O5S/c1-23-15(20)17-7-3-6-16(8-9-17)14(19)12-10-11(24-2)4-5-13(12)18(21)22/h4-5,10H,3,6-9H2,1-2H3. The van der Waals surface area contributed by atoms with Crippen LogP contribution in [0.5, 0.6) is 0 Å². The van der Waals surface area contributed by atoms with Crippen LogP contribution >= 0.6 is 11.8 Å². The third-order valence-corrected chi connectivity index (χ3v) is 4.57. The maximum absolute atomic E-state index is 12.8. The SMILES string of the molecule is COC(=O)N1CCCN(C(=O)c2cc(SC)ccc2[N+](=O)[O-])CC1. The van der Waals surface area contributed by atoms with Crippen molar-refractivity contribution in [1.82, 2.24) is 9.80 Å². The summed E-state index contributed by atoms with van der Waals surface area (Å²) < 4.78 is 4.70. The maximum atomic E-state index is 12.8. The van der Waals surface area contributed by atoms with Crippen LogP contribution in [0.25, 0.3) is 0 Å². The predicted molar refractivity (Wildman–Crippen MR) is 89.4 cm³/mol. The van der Waals surface area contributed by atoms with Gasteiger partial charge in [-0.1, -0.05) is 0 Å². The Morgan fingerprint density at radius 2 is 1.88 bits per heavy atom. The topological polar surface area (TPSA) is 93.0 Å². The molecule has 1 aliphatic rings. The number of methoxy groups -OCH3 is 1. The number of ether oxygens (including phenoxy) is 1. The van der Waals surface area contributed by atoms with Crippen LogP contribution in [-0.4, -0.2) is 66.3 Å². The first-order valence-electron chi connectivity index (χ1n) is 7.42. The van der Waals surface area contributed by atoms with E-state index < -0.39 is 11.0 Å².